The van der Waals surface area contributed by atoms with Crippen LogP contribution < -0.4 is 0 Å². The van der Waals surface area contributed by atoms with Gasteiger partial charge < -0.3 is 9.57 Å². The predicted molar refractivity (Wildman–Crippen MR) is 121 cm³/mol. The number of carbonyl (C=O) groups excluding carboxylic acids is 2. The average Bonchev–Trinajstić information content (AvgIpc) is 3.10. The van der Waals surface area contributed by atoms with Gasteiger partial charge in [-0.1, -0.05) is 36.7 Å². The molecule has 1 aromatic carbocycles. The number of rotatable bonds is 8. The second-order valence-electron chi connectivity index (χ2n) is 7.48. The van der Waals surface area contributed by atoms with E-state index in [2.05, 4.69) is 10.1 Å². The SMILES string of the molecule is CCC/C(=N\OCC)C1=C(OC(=O)c2ccccc2)CC(c2nc(C)c(C)s2)CC1=O. The lowest BCUT2D eigenvalue weighted by Gasteiger charge is -2.25. The topological polar surface area (TPSA) is 77.8 Å². The van der Waals surface area contributed by atoms with Gasteiger partial charge in [-0.25, -0.2) is 9.78 Å². The summed E-state index contributed by atoms with van der Waals surface area (Å²) < 4.78 is 5.82. The fourth-order valence-electron chi connectivity index (χ4n) is 3.48. The quantitative estimate of drug-likeness (QED) is 0.307. The van der Waals surface area contributed by atoms with Crippen LogP contribution in [-0.2, 0) is 14.4 Å². The number of thiazole rings is 1. The zero-order valence-corrected chi connectivity index (χ0v) is 19.3. The Labute approximate surface area is 187 Å². The third kappa shape index (κ3) is 5.47. The highest BCUT2D eigenvalue weighted by molar-refractivity contribution is 7.11. The van der Waals surface area contributed by atoms with Gasteiger partial charge >= 0.3 is 5.97 Å². The molecule has 1 aromatic heterocycles. The fourth-order valence-corrected chi connectivity index (χ4v) is 4.50. The molecule has 6 nitrogen and oxygen atoms in total. The van der Waals surface area contributed by atoms with Crippen molar-refractivity contribution < 1.29 is 19.2 Å². The highest BCUT2D eigenvalue weighted by Gasteiger charge is 2.35. The van der Waals surface area contributed by atoms with Gasteiger partial charge in [0.15, 0.2) is 5.78 Å². The van der Waals surface area contributed by atoms with Gasteiger partial charge in [-0.3, -0.25) is 4.79 Å². The zero-order valence-electron chi connectivity index (χ0n) is 18.4. The maximum Gasteiger partial charge on any atom is 0.343 e. The number of hydrogen-bond acceptors (Lipinski definition) is 7. The van der Waals surface area contributed by atoms with Gasteiger partial charge in [-0.15, -0.1) is 11.3 Å². The average molecular weight is 441 g/mol. The first-order valence-corrected chi connectivity index (χ1v) is 11.4. The van der Waals surface area contributed by atoms with Crippen LogP contribution in [0.5, 0.6) is 0 Å². The van der Waals surface area contributed by atoms with Crippen LogP contribution in [0.3, 0.4) is 0 Å². The summed E-state index contributed by atoms with van der Waals surface area (Å²) in [5.41, 5.74) is 2.31. The molecule has 0 spiro atoms. The summed E-state index contributed by atoms with van der Waals surface area (Å²) in [7, 11) is 0. The van der Waals surface area contributed by atoms with Crippen molar-refractivity contribution in [2.45, 2.75) is 59.3 Å². The summed E-state index contributed by atoms with van der Waals surface area (Å²) in [6, 6.07) is 8.78. The van der Waals surface area contributed by atoms with Crippen molar-refractivity contribution in [2.24, 2.45) is 5.16 Å². The minimum atomic E-state index is -0.486. The van der Waals surface area contributed by atoms with E-state index in [1.165, 1.54) is 0 Å². The van der Waals surface area contributed by atoms with Crippen molar-refractivity contribution in [1.29, 1.82) is 0 Å². The molecular weight excluding hydrogens is 412 g/mol. The molecule has 31 heavy (non-hydrogen) atoms. The lowest BCUT2D eigenvalue weighted by Crippen LogP contribution is -2.26. The summed E-state index contributed by atoms with van der Waals surface area (Å²) in [6.45, 7) is 8.23. The minimum absolute atomic E-state index is 0.0930. The van der Waals surface area contributed by atoms with Crippen LogP contribution in [0.1, 0.15) is 71.4 Å². The molecule has 3 rings (SSSR count). The van der Waals surface area contributed by atoms with Gasteiger partial charge in [0.2, 0.25) is 0 Å². The Morgan fingerprint density at radius 2 is 1.94 bits per heavy atom. The number of Topliss-reactive ketones (excluding diaryl/α,β-unsaturated/α-hetero) is 1. The number of oxime groups is 1. The molecule has 1 unspecified atom stereocenters. The number of benzene rings is 1. The normalized spacial score (nSPS) is 17.1. The Hall–Kier alpha value is -2.80. The second kappa shape index (κ2) is 10.5. The van der Waals surface area contributed by atoms with E-state index in [-0.39, 0.29) is 11.7 Å². The van der Waals surface area contributed by atoms with Crippen LogP contribution in [0.25, 0.3) is 0 Å². The van der Waals surface area contributed by atoms with E-state index in [9.17, 15) is 9.59 Å². The molecular formula is C24H28N2O4S. The van der Waals surface area contributed by atoms with E-state index in [1.807, 2.05) is 33.8 Å². The fraction of sp³-hybridized carbons (Fsp3) is 0.417. The summed E-state index contributed by atoms with van der Waals surface area (Å²) in [6.07, 6.45) is 2.08. The number of ether oxygens (including phenoxy) is 1. The summed E-state index contributed by atoms with van der Waals surface area (Å²) in [5.74, 6) is -0.348. The van der Waals surface area contributed by atoms with Crippen LogP contribution in [0.2, 0.25) is 0 Å². The van der Waals surface area contributed by atoms with E-state index in [0.717, 1.165) is 22.0 Å². The molecule has 0 aliphatic heterocycles. The first-order valence-electron chi connectivity index (χ1n) is 10.6. The van der Waals surface area contributed by atoms with Crippen LogP contribution in [-0.4, -0.2) is 29.1 Å². The Morgan fingerprint density at radius 1 is 1.19 bits per heavy atom. The third-order valence-electron chi connectivity index (χ3n) is 5.12. The van der Waals surface area contributed by atoms with E-state index < -0.39 is 5.97 Å². The molecule has 1 aliphatic rings. The molecule has 0 radical (unpaired) electrons. The number of carbonyl (C=O) groups is 2. The Balaban J connectivity index is 2.01. The summed E-state index contributed by atoms with van der Waals surface area (Å²) >= 11 is 1.59. The number of ketones is 1. The van der Waals surface area contributed by atoms with Gasteiger partial charge in [0.1, 0.15) is 12.4 Å². The van der Waals surface area contributed by atoms with Crippen molar-refractivity contribution in [3.05, 3.63) is 62.8 Å². The smallest absolute Gasteiger partial charge is 0.343 e. The number of aryl methyl sites for hydroxylation is 2. The lowest BCUT2D eigenvalue weighted by molar-refractivity contribution is -0.116. The second-order valence-corrected chi connectivity index (χ2v) is 8.72. The maximum absolute atomic E-state index is 13.3. The number of nitrogens with zero attached hydrogens (tertiary/aromatic N) is 2. The molecule has 0 saturated carbocycles. The zero-order chi connectivity index (χ0) is 22.4. The van der Waals surface area contributed by atoms with Gasteiger partial charge in [0, 0.05) is 23.6 Å². The minimum Gasteiger partial charge on any atom is -0.427 e. The molecule has 164 valence electrons. The van der Waals surface area contributed by atoms with Gasteiger partial charge in [-0.05, 0) is 39.3 Å². The molecule has 0 N–H and O–H groups in total. The molecule has 2 aromatic rings. The van der Waals surface area contributed by atoms with Crippen LogP contribution in [0, 0.1) is 13.8 Å². The summed E-state index contributed by atoms with van der Waals surface area (Å²) in [4.78, 5) is 37.1. The first-order chi connectivity index (χ1) is 14.9. The number of hydrogen-bond donors (Lipinski definition) is 0. The summed E-state index contributed by atoms with van der Waals surface area (Å²) in [5, 5.41) is 5.08. The standard InChI is InChI=1S/C24H28N2O4S/c1-5-10-19(26-29-6-2)22-20(27)13-18(23-25-15(3)16(4)31-23)14-21(22)30-24(28)17-11-8-7-9-12-17/h7-9,11-12,18H,5-6,10,13-14H2,1-4H3/b26-19+. The molecule has 0 saturated heterocycles. The van der Waals surface area contributed by atoms with Crippen molar-refractivity contribution in [3.63, 3.8) is 0 Å². The lowest BCUT2D eigenvalue weighted by atomic mass is 9.84. The van der Waals surface area contributed by atoms with E-state index in [1.54, 1.807) is 35.6 Å². The maximum atomic E-state index is 13.3. The van der Waals surface area contributed by atoms with Crippen LogP contribution in [0.4, 0.5) is 0 Å². The molecule has 0 bridgehead atoms. The highest BCUT2D eigenvalue weighted by atomic mass is 32.1. The monoisotopic (exact) mass is 440 g/mol. The Kier molecular flexibility index (Phi) is 7.74. The van der Waals surface area contributed by atoms with Crippen LogP contribution >= 0.6 is 11.3 Å². The molecule has 0 fully saturated rings. The third-order valence-corrected chi connectivity index (χ3v) is 6.36. The van der Waals surface area contributed by atoms with Crippen molar-refractivity contribution >= 4 is 28.8 Å². The first kappa shape index (κ1) is 22.9. The molecule has 1 heterocycles. The van der Waals surface area contributed by atoms with E-state index in [4.69, 9.17) is 9.57 Å². The van der Waals surface area contributed by atoms with Crippen molar-refractivity contribution in [1.82, 2.24) is 4.98 Å². The molecule has 1 aliphatic carbocycles. The van der Waals surface area contributed by atoms with Gasteiger partial charge in [0.25, 0.3) is 0 Å². The largest absolute Gasteiger partial charge is 0.427 e. The van der Waals surface area contributed by atoms with Crippen molar-refractivity contribution in [2.75, 3.05) is 6.61 Å². The van der Waals surface area contributed by atoms with Gasteiger partial charge in [-0.2, -0.15) is 0 Å². The molecule has 7 heteroatoms. The number of esters is 1. The number of aromatic nitrogens is 1. The van der Waals surface area contributed by atoms with E-state index in [0.29, 0.717) is 48.5 Å². The Morgan fingerprint density at radius 3 is 2.55 bits per heavy atom. The predicted octanol–water partition coefficient (Wildman–Crippen LogP) is 5.51. The van der Waals surface area contributed by atoms with E-state index >= 15 is 0 Å². The van der Waals surface area contributed by atoms with Crippen molar-refractivity contribution in [3.8, 4) is 0 Å². The highest BCUT2D eigenvalue weighted by Crippen LogP contribution is 2.38. The molecule has 0 amide bonds. The van der Waals surface area contributed by atoms with Gasteiger partial charge in [0.05, 0.1) is 27.5 Å². The molecule has 1 atom stereocenters. The Bertz CT molecular complexity index is 988. The number of allylic oxidation sites excluding steroid dienone is 2. The van der Waals surface area contributed by atoms with Crippen LogP contribution in [0.15, 0.2) is 46.8 Å².